The van der Waals surface area contributed by atoms with Crippen LogP contribution in [0, 0.1) is 6.92 Å². The van der Waals surface area contributed by atoms with E-state index in [2.05, 4.69) is 10.6 Å². The van der Waals surface area contributed by atoms with Gasteiger partial charge in [0.05, 0.1) is 5.75 Å². The number of anilines is 1. The first-order valence-corrected chi connectivity index (χ1v) is 14.1. The lowest BCUT2D eigenvalue weighted by Crippen LogP contribution is -2.30. The van der Waals surface area contributed by atoms with E-state index >= 15 is 0 Å². The number of hydrogen-bond donors (Lipinski definition) is 2. The minimum Gasteiger partial charge on any atom is -0.321 e. The highest BCUT2D eigenvalue weighted by atomic mass is 32.2. The predicted octanol–water partition coefficient (Wildman–Crippen LogP) is 7.53. The molecule has 6 heteroatoms. The van der Waals surface area contributed by atoms with Crippen LogP contribution in [0.2, 0.25) is 0 Å². The number of ketones is 1. The summed E-state index contributed by atoms with van der Waals surface area (Å²) in [6, 6.07) is 37.3. The van der Waals surface area contributed by atoms with E-state index < -0.39 is 5.91 Å². The van der Waals surface area contributed by atoms with Crippen LogP contribution in [0.15, 0.2) is 132 Å². The van der Waals surface area contributed by atoms with Crippen molar-refractivity contribution in [1.82, 2.24) is 5.32 Å². The minimum atomic E-state index is -0.447. The average Bonchev–Trinajstić information content (AvgIpc) is 3.01. The molecule has 5 nitrogen and oxygen atoms in total. The van der Waals surface area contributed by atoms with Crippen molar-refractivity contribution in [2.45, 2.75) is 11.8 Å². The van der Waals surface area contributed by atoms with E-state index in [0.717, 1.165) is 26.8 Å². The summed E-state index contributed by atoms with van der Waals surface area (Å²) in [4.78, 5) is 39.9. The summed E-state index contributed by atoms with van der Waals surface area (Å²) in [6.45, 7) is 1.99. The molecule has 0 bridgehead atoms. The second kappa shape index (κ2) is 12.9. The molecule has 41 heavy (non-hydrogen) atoms. The maximum absolute atomic E-state index is 13.5. The van der Waals surface area contributed by atoms with Gasteiger partial charge < -0.3 is 10.6 Å². The number of carbonyl (C=O) groups is 3. The molecule has 0 aromatic heterocycles. The molecule has 0 unspecified atom stereocenters. The number of fused-ring (bicyclic) bond motifs is 1. The fourth-order valence-electron chi connectivity index (χ4n) is 4.28. The van der Waals surface area contributed by atoms with Crippen LogP contribution in [-0.4, -0.2) is 23.4 Å². The van der Waals surface area contributed by atoms with Crippen molar-refractivity contribution in [3.63, 3.8) is 0 Å². The Kier molecular flexibility index (Phi) is 8.72. The van der Waals surface area contributed by atoms with Crippen molar-refractivity contribution < 1.29 is 14.4 Å². The topological polar surface area (TPSA) is 75.3 Å². The number of aryl methyl sites for hydroxylation is 1. The number of carbonyl (C=O) groups excluding carboxylic acids is 3. The molecule has 0 fully saturated rings. The Labute approximate surface area is 243 Å². The number of rotatable bonds is 9. The monoisotopic (exact) mass is 556 g/mol. The van der Waals surface area contributed by atoms with Crippen molar-refractivity contribution in [2.75, 3.05) is 11.1 Å². The van der Waals surface area contributed by atoms with Gasteiger partial charge in [-0.3, -0.25) is 14.4 Å². The number of benzene rings is 5. The number of thioether (sulfide) groups is 1. The number of hydrogen-bond acceptors (Lipinski definition) is 4. The molecule has 0 aliphatic heterocycles. The zero-order valence-corrected chi connectivity index (χ0v) is 23.3. The Bertz CT molecular complexity index is 1720. The molecule has 5 rings (SSSR count). The van der Waals surface area contributed by atoms with E-state index in [1.54, 1.807) is 42.5 Å². The molecule has 0 saturated carbocycles. The molecule has 2 amide bonds. The molecule has 0 saturated heterocycles. The van der Waals surface area contributed by atoms with Crippen LogP contribution < -0.4 is 10.6 Å². The zero-order chi connectivity index (χ0) is 28.6. The molecule has 5 aromatic rings. The Morgan fingerprint density at radius 2 is 1.39 bits per heavy atom. The normalized spacial score (nSPS) is 11.2. The summed E-state index contributed by atoms with van der Waals surface area (Å²) >= 11 is 1.44. The van der Waals surface area contributed by atoms with Crippen LogP contribution >= 0.6 is 11.8 Å². The fraction of sp³-hybridized carbons (Fsp3) is 0.0571. The Morgan fingerprint density at radius 3 is 2.15 bits per heavy atom. The van der Waals surface area contributed by atoms with Gasteiger partial charge in [0, 0.05) is 21.7 Å². The third-order valence-corrected chi connectivity index (χ3v) is 7.52. The smallest absolute Gasteiger partial charge is 0.272 e. The Morgan fingerprint density at radius 1 is 0.707 bits per heavy atom. The lowest BCUT2D eigenvalue weighted by atomic mass is 10.0. The van der Waals surface area contributed by atoms with Gasteiger partial charge in [-0.05, 0) is 65.7 Å². The van der Waals surface area contributed by atoms with Gasteiger partial charge in [-0.1, -0.05) is 90.5 Å². The van der Waals surface area contributed by atoms with Crippen LogP contribution in [0.4, 0.5) is 5.69 Å². The van der Waals surface area contributed by atoms with E-state index in [1.807, 2.05) is 91.9 Å². The highest BCUT2D eigenvalue weighted by molar-refractivity contribution is 8.00. The first kappa shape index (κ1) is 27.6. The highest BCUT2D eigenvalue weighted by Crippen LogP contribution is 2.23. The van der Waals surface area contributed by atoms with E-state index in [0.29, 0.717) is 22.6 Å². The Hall–Kier alpha value is -4.94. The quantitative estimate of drug-likeness (QED) is 0.112. The van der Waals surface area contributed by atoms with Gasteiger partial charge in [0.2, 0.25) is 0 Å². The molecule has 0 radical (unpaired) electrons. The molecule has 5 aromatic carbocycles. The van der Waals surface area contributed by atoms with Crippen LogP contribution in [0.3, 0.4) is 0 Å². The van der Waals surface area contributed by atoms with Crippen LogP contribution in [0.5, 0.6) is 0 Å². The maximum atomic E-state index is 13.5. The summed E-state index contributed by atoms with van der Waals surface area (Å²) in [6.07, 6.45) is 1.69. The highest BCUT2D eigenvalue weighted by Gasteiger charge is 2.16. The molecule has 0 atom stereocenters. The van der Waals surface area contributed by atoms with Crippen molar-refractivity contribution in [3.8, 4) is 0 Å². The van der Waals surface area contributed by atoms with Crippen LogP contribution in [0.1, 0.15) is 31.8 Å². The molecule has 0 spiro atoms. The van der Waals surface area contributed by atoms with Crippen molar-refractivity contribution in [3.05, 3.63) is 149 Å². The van der Waals surface area contributed by atoms with Gasteiger partial charge in [-0.25, -0.2) is 0 Å². The second-order valence-corrected chi connectivity index (χ2v) is 10.6. The van der Waals surface area contributed by atoms with Crippen molar-refractivity contribution >= 4 is 51.9 Å². The number of nitrogens with one attached hydrogen (secondary N) is 2. The molecule has 0 aliphatic carbocycles. The van der Waals surface area contributed by atoms with Gasteiger partial charge in [0.25, 0.3) is 11.8 Å². The van der Waals surface area contributed by atoms with Crippen molar-refractivity contribution in [2.24, 2.45) is 0 Å². The zero-order valence-electron chi connectivity index (χ0n) is 22.5. The number of Topliss-reactive ketones (excluding diaryl/α,β-unsaturated/α-hetero) is 1. The van der Waals surface area contributed by atoms with E-state index in [1.165, 1.54) is 11.8 Å². The van der Waals surface area contributed by atoms with E-state index in [9.17, 15) is 14.4 Å². The molecule has 0 heterocycles. The second-order valence-electron chi connectivity index (χ2n) is 9.50. The fourth-order valence-corrected chi connectivity index (χ4v) is 5.07. The number of amides is 2. The average molecular weight is 557 g/mol. The first-order chi connectivity index (χ1) is 20.0. The molecular weight excluding hydrogens is 528 g/mol. The van der Waals surface area contributed by atoms with Gasteiger partial charge in [0.1, 0.15) is 5.70 Å². The Balaban J connectivity index is 1.32. The lowest BCUT2D eigenvalue weighted by molar-refractivity contribution is -0.113. The SMILES string of the molecule is Cc1ccc(C(=O)CSc2ccc(NC(=O)/C(=C/c3cccc4ccccc34)NC(=O)c3ccccc3)cc2)cc1. The van der Waals surface area contributed by atoms with E-state index in [-0.39, 0.29) is 17.4 Å². The standard InChI is InChI=1S/C35H28N2O3S/c1-24-14-16-26(17-15-24)33(38)23-41-30-20-18-29(19-21-30)36-35(40)32(37-34(39)27-9-3-2-4-10-27)22-28-12-7-11-25-8-5-6-13-31(25)28/h2-22H,23H2,1H3,(H,36,40)(H,37,39)/b32-22-. The minimum absolute atomic E-state index is 0.0600. The molecular formula is C35H28N2O3S. The van der Waals surface area contributed by atoms with Gasteiger partial charge in [0.15, 0.2) is 5.78 Å². The molecule has 2 N–H and O–H groups in total. The van der Waals surface area contributed by atoms with Gasteiger partial charge in [-0.15, -0.1) is 11.8 Å². The van der Waals surface area contributed by atoms with Crippen LogP contribution in [-0.2, 0) is 4.79 Å². The predicted molar refractivity (Wildman–Crippen MR) is 167 cm³/mol. The summed E-state index contributed by atoms with van der Waals surface area (Å²) in [5.41, 5.74) is 3.76. The van der Waals surface area contributed by atoms with Gasteiger partial charge in [-0.2, -0.15) is 0 Å². The van der Waals surface area contributed by atoms with Crippen LogP contribution in [0.25, 0.3) is 16.8 Å². The summed E-state index contributed by atoms with van der Waals surface area (Å²) in [7, 11) is 0. The third-order valence-electron chi connectivity index (χ3n) is 6.51. The third kappa shape index (κ3) is 7.18. The van der Waals surface area contributed by atoms with E-state index in [4.69, 9.17) is 0 Å². The summed E-state index contributed by atoms with van der Waals surface area (Å²) in [5, 5.41) is 7.69. The molecule has 0 aliphatic rings. The summed E-state index contributed by atoms with van der Waals surface area (Å²) < 4.78 is 0. The largest absolute Gasteiger partial charge is 0.321 e. The van der Waals surface area contributed by atoms with Crippen molar-refractivity contribution in [1.29, 1.82) is 0 Å². The molecule has 202 valence electrons. The first-order valence-electron chi connectivity index (χ1n) is 13.2. The van der Waals surface area contributed by atoms with Gasteiger partial charge >= 0.3 is 0 Å². The summed E-state index contributed by atoms with van der Waals surface area (Å²) in [5.74, 6) is -0.447. The maximum Gasteiger partial charge on any atom is 0.272 e. The lowest BCUT2D eigenvalue weighted by Gasteiger charge is -2.12.